The third kappa shape index (κ3) is 16.5. The van der Waals surface area contributed by atoms with Gasteiger partial charge in [0.2, 0.25) is 0 Å². The van der Waals surface area contributed by atoms with Crippen molar-refractivity contribution in [2.75, 3.05) is 0 Å². The van der Waals surface area contributed by atoms with Gasteiger partial charge in [-0.15, -0.1) is 0 Å². The van der Waals surface area contributed by atoms with E-state index >= 15 is 0 Å². The van der Waals surface area contributed by atoms with E-state index in [2.05, 4.69) is 6.92 Å². The summed E-state index contributed by atoms with van der Waals surface area (Å²) in [6.45, 7) is 2.18. The first-order valence-corrected chi connectivity index (χ1v) is 11.6. The van der Waals surface area contributed by atoms with Crippen LogP contribution < -0.4 is 0 Å². The van der Waals surface area contributed by atoms with Gasteiger partial charge in [-0.2, -0.15) is 8.42 Å². The van der Waals surface area contributed by atoms with Gasteiger partial charge in [-0.25, -0.2) is 0 Å². The van der Waals surface area contributed by atoms with Gasteiger partial charge in [0.25, 0.3) is 10.1 Å². The molecule has 6 nitrogen and oxygen atoms in total. The van der Waals surface area contributed by atoms with Crippen LogP contribution in [0.5, 0.6) is 0 Å². The van der Waals surface area contributed by atoms with Gasteiger partial charge in [-0.05, 0) is 30.4 Å². The fourth-order valence-electron chi connectivity index (χ4n) is 2.48. The third-order valence-electron chi connectivity index (χ3n) is 3.92. The molecule has 0 aliphatic heterocycles. The maximum absolute atomic E-state index is 11.2. The second-order valence-electron chi connectivity index (χ2n) is 6.10. The van der Waals surface area contributed by atoms with E-state index in [4.69, 9.17) is 14.3 Å². The van der Waals surface area contributed by atoms with Crippen LogP contribution in [0, 0.1) is 0 Å². The average molecular weight is 511 g/mol. The van der Waals surface area contributed by atoms with Crippen LogP contribution in [0.2, 0.25) is 0 Å². The predicted octanol–water partition coefficient (Wildman–Crippen LogP) is 2.05. The zero-order valence-corrected chi connectivity index (χ0v) is 16.1. The summed E-state index contributed by atoms with van der Waals surface area (Å²) in [4.78, 5) is 15.9. The Morgan fingerprint density at radius 3 is 2.00 bits per heavy atom. The third-order valence-corrected chi connectivity index (χ3v) is 7.38. The standard InChI is InChI=1S/C17H27O6PS.3K.3H/c1-2-3-4-5-6-8-15-11-13-16(14-12-15)9-7-10-17(24(18,19)20)25(21,22)23;;;;;;/h7,9,11-14,17H,2-6,8,10H2,1H3,(H2,18,19,20)(H,21,22,23);;;;;;/b9-7+;;;;;;. The Kier molecular flexibility index (Phi) is 25.1. The van der Waals surface area contributed by atoms with Crippen molar-refractivity contribution in [2.24, 2.45) is 0 Å². The second kappa shape index (κ2) is 19.3. The maximum atomic E-state index is 11.2. The van der Waals surface area contributed by atoms with Gasteiger partial charge in [0.1, 0.15) is 0 Å². The quantitative estimate of drug-likeness (QED) is 0.182. The van der Waals surface area contributed by atoms with Gasteiger partial charge in [-0.3, -0.25) is 9.12 Å². The molecule has 3 N–H and O–H groups in total. The van der Waals surface area contributed by atoms with Crippen LogP contribution in [0.3, 0.4) is 0 Å². The van der Waals surface area contributed by atoms with Crippen molar-refractivity contribution in [3.8, 4) is 0 Å². The first kappa shape index (κ1) is 36.5. The van der Waals surface area contributed by atoms with Crippen LogP contribution in [0.15, 0.2) is 30.3 Å². The van der Waals surface area contributed by atoms with Crippen molar-refractivity contribution < 1.29 is 27.3 Å². The van der Waals surface area contributed by atoms with E-state index in [0.29, 0.717) is 0 Å². The fraction of sp³-hybridized carbons (Fsp3) is 0.529. The molecule has 148 valence electrons. The second-order valence-corrected chi connectivity index (χ2v) is 9.85. The summed E-state index contributed by atoms with van der Waals surface area (Å²) in [5, 5.41) is 0. The molecule has 0 fully saturated rings. The molecule has 0 amide bonds. The molecular weight excluding hydrogens is 481 g/mol. The summed E-state index contributed by atoms with van der Waals surface area (Å²) < 4.78 is 42.2. The first-order chi connectivity index (χ1) is 11.6. The van der Waals surface area contributed by atoms with Crippen molar-refractivity contribution in [2.45, 2.75) is 56.9 Å². The van der Waals surface area contributed by atoms with Crippen LogP contribution in [0.25, 0.3) is 6.08 Å². The van der Waals surface area contributed by atoms with Gasteiger partial charge in [-0.1, -0.05) is 69.0 Å². The molecule has 11 heteroatoms. The van der Waals surface area contributed by atoms with Crippen molar-refractivity contribution in [1.29, 1.82) is 0 Å². The number of hydrogen-bond acceptors (Lipinski definition) is 3. The molecule has 1 aromatic rings. The molecule has 0 aromatic heterocycles. The Bertz CT molecular complexity index is 704. The van der Waals surface area contributed by atoms with E-state index < -0.39 is 29.1 Å². The summed E-state index contributed by atoms with van der Waals surface area (Å²) >= 11 is 0. The van der Waals surface area contributed by atoms with E-state index in [1.807, 2.05) is 24.3 Å². The molecule has 0 aliphatic rings. The number of aryl methyl sites for hydroxylation is 1. The Hall–Kier alpha value is 3.93. The molecule has 0 saturated heterocycles. The van der Waals surface area contributed by atoms with Crippen molar-refractivity contribution >= 4 is 178 Å². The first-order valence-electron chi connectivity index (χ1n) is 8.41. The summed E-state index contributed by atoms with van der Waals surface area (Å²) in [5.74, 6) is 0. The van der Waals surface area contributed by atoms with Crippen molar-refractivity contribution in [1.82, 2.24) is 0 Å². The molecule has 1 rings (SSSR count). The van der Waals surface area contributed by atoms with E-state index in [0.717, 1.165) is 18.4 Å². The number of unbranched alkanes of at least 4 members (excludes halogenated alkanes) is 4. The van der Waals surface area contributed by atoms with E-state index in [9.17, 15) is 13.0 Å². The Morgan fingerprint density at radius 2 is 1.54 bits per heavy atom. The van der Waals surface area contributed by atoms with E-state index in [-0.39, 0.29) is 154 Å². The topological polar surface area (TPSA) is 112 Å². The molecule has 0 heterocycles. The van der Waals surface area contributed by atoms with Gasteiger partial charge < -0.3 is 9.79 Å². The molecule has 1 atom stereocenters. The Labute approximate surface area is 296 Å². The Morgan fingerprint density at radius 1 is 1.00 bits per heavy atom. The van der Waals surface area contributed by atoms with Crippen LogP contribution in [0.4, 0.5) is 0 Å². The number of hydrogen-bond donors (Lipinski definition) is 3. The van der Waals surface area contributed by atoms with Crippen LogP contribution in [-0.2, 0) is 21.1 Å². The molecule has 0 saturated carbocycles. The molecule has 0 spiro atoms. The van der Waals surface area contributed by atoms with Crippen molar-refractivity contribution in [3.05, 3.63) is 41.5 Å². The number of benzene rings is 1. The van der Waals surface area contributed by atoms with Gasteiger partial charge >= 0.3 is 162 Å². The van der Waals surface area contributed by atoms with Crippen LogP contribution in [-0.4, -0.2) is 182 Å². The summed E-state index contributed by atoms with van der Waals surface area (Å²) in [5.41, 5.74) is 2.02. The van der Waals surface area contributed by atoms with Crippen molar-refractivity contribution in [3.63, 3.8) is 0 Å². The molecular formula is C17H30K3O6PS. The molecule has 1 aromatic carbocycles. The summed E-state index contributed by atoms with van der Waals surface area (Å²) in [7, 11) is -9.75. The number of allylic oxidation sites excluding steroid dienone is 1. The summed E-state index contributed by atoms with van der Waals surface area (Å²) in [6, 6.07) is 7.72. The van der Waals surface area contributed by atoms with E-state index in [1.165, 1.54) is 37.3 Å². The van der Waals surface area contributed by atoms with Gasteiger partial charge in [0, 0.05) is 0 Å². The molecule has 28 heavy (non-hydrogen) atoms. The molecule has 0 radical (unpaired) electrons. The minimum absolute atomic E-state index is 0. The van der Waals surface area contributed by atoms with Gasteiger partial charge in [0.15, 0.2) is 4.99 Å². The normalized spacial score (nSPS) is 12.6. The molecule has 1 unspecified atom stereocenters. The fourth-order valence-corrected chi connectivity index (χ4v) is 4.62. The number of rotatable bonds is 11. The summed E-state index contributed by atoms with van der Waals surface area (Å²) in [6.07, 6.45) is 9.59. The average Bonchev–Trinajstić information content (AvgIpc) is 2.50. The SMILES string of the molecule is CCCCCCCc1ccc(/C=C/CC(P(=O)(O)O)S(=O)(=O)O)cc1.[KH].[KH].[KH]. The van der Waals surface area contributed by atoms with Gasteiger partial charge in [0.05, 0.1) is 0 Å². The monoisotopic (exact) mass is 510 g/mol. The van der Waals surface area contributed by atoms with Crippen LogP contribution >= 0.6 is 7.60 Å². The molecule has 0 aliphatic carbocycles. The molecule has 0 bridgehead atoms. The minimum atomic E-state index is -4.94. The Balaban J connectivity index is -0.00000208. The van der Waals surface area contributed by atoms with E-state index in [1.54, 1.807) is 6.08 Å². The van der Waals surface area contributed by atoms with Crippen LogP contribution in [0.1, 0.15) is 56.6 Å². The predicted molar refractivity (Wildman–Crippen MR) is 121 cm³/mol. The zero-order chi connectivity index (χ0) is 18.9. The zero-order valence-electron chi connectivity index (χ0n) is 14.4.